The van der Waals surface area contributed by atoms with Gasteiger partial charge in [-0.05, 0) is 33.0 Å². The number of anilines is 3. The summed E-state index contributed by atoms with van der Waals surface area (Å²) in [6.07, 6.45) is -1.15. The van der Waals surface area contributed by atoms with Crippen LogP contribution in [-0.4, -0.2) is 83.9 Å². The Bertz CT molecular complexity index is 1560. The van der Waals surface area contributed by atoms with Crippen LogP contribution in [0.5, 0.6) is 0 Å². The third-order valence-electron chi connectivity index (χ3n) is 7.99. The minimum absolute atomic E-state index is 0.0579. The first-order valence-corrected chi connectivity index (χ1v) is 13.9. The fourth-order valence-electron chi connectivity index (χ4n) is 5.28. The minimum atomic E-state index is -4.94. The van der Waals surface area contributed by atoms with E-state index in [2.05, 4.69) is 20.2 Å². The van der Waals surface area contributed by atoms with E-state index in [0.717, 1.165) is 10.8 Å². The molecular weight excluding hydrogens is 570 g/mol. The predicted molar refractivity (Wildman–Crippen MR) is 154 cm³/mol. The van der Waals surface area contributed by atoms with E-state index in [4.69, 9.17) is 4.74 Å². The molecule has 1 N–H and O–H groups in total. The van der Waals surface area contributed by atoms with Crippen LogP contribution in [0.15, 0.2) is 41.6 Å². The standard InChI is InChI=1S/C29H33F4N7O3/c1-17-14-39(6-5-37(17)3)25-11-23(30)20(19-12-34-28(35-13-19)40-7-8-43-16-18(40)2)9-24(25)36-27(42)21-15-38(4)26(41)10-22(21)29(31,32)33/h9-13,15,17-18H,5-8,14,16H2,1-4H3,(H,36,42)/t17-,18-/m0/s1. The molecule has 0 unspecified atom stereocenters. The normalized spacial score (nSPS) is 19.9. The Morgan fingerprint density at radius 3 is 2.42 bits per heavy atom. The summed E-state index contributed by atoms with van der Waals surface area (Å²) in [5.41, 5.74) is -2.15. The topological polar surface area (TPSA) is 95.8 Å². The van der Waals surface area contributed by atoms with E-state index in [1.54, 1.807) is 0 Å². The van der Waals surface area contributed by atoms with Crippen LogP contribution in [0.3, 0.4) is 0 Å². The van der Waals surface area contributed by atoms with Gasteiger partial charge in [0.15, 0.2) is 0 Å². The number of aryl methyl sites for hydroxylation is 1. The van der Waals surface area contributed by atoms with Gasteiger partial charge in [0, 0.05) is 75.1 Å². The Morgan fingerprint density at radius 1 is 1.05 bits per heavy atom. The van der Waals surface area contributed by atoms with Gasteiger partial charge in [-0.25, -0.2) is 14.4 Å². The molecule has 3 aromatic rings. The number of ether oxygens (including phenoxy) is 1. The Labute approximate surface area is 245 Å². The van der Waals surface area contributed by atoms with E-state index in [-0.39, 0.29) is 23.3 Å². The molecule has 0 radical (unpaired) electrons. The van der Waals surface area contributed by atoms with Crippen molar-refractivity contribution in [2.24, 2.45) is 7.05 Å². The summed E-state index contributed by atoms with van der Waals surface area (Å²) in [5, 5.41) is 2.58. The average molecular weight is 604 g/mol. The number of pyridine rings is 1. The van der Waals surface area contributed by atoms with E-state index in [1.807, 2.05) is 30.7 Å². The van der Waals surface area contributed by atoms with Crippen LogP contribution < -0.4 is 20.7 Å². The number of nitrogens with one attached hydrogen (secondary N) is 1. The second kappa shape index (κ2) is 11.9. The summed E-state index contributed by atoms with van der Waals surface area (Å²) in [7, 11) is 3.22. The SMILES string of the molecule is C[C@H]1CN(c2cc(F)c(-c3cnc(N4CCOC[C@@H]4C)nc3)cc2NC(=O)c2cn(C)c(=O)cc2C(F)(F)F)CCN1C. The third kappa shape index (κ3) is 6.34. The molecule has 0 aliphatic carbocycles. The van der Waals surface area contributed by atoms with Crippen molar-refractivity contribution in [2.45, 2.75) is 32.1 Å². The largest absolute Gasteiger partial charge is 0.417 e. The van der Waals surface area contributed by atoms with Crippen molar-refractivity contribution in [3.63, 3.8) is 0 Å². The first-order chi connectivity index (χ1) is 20.3. The Kier molecular flexibility index (Phi) is 8.43. The Hall–Kier alpha value is -4.04. The number of morpholine rings is 1. The van der Waals surface area contributed by atoms with Gasteiger partial charge < -0.3 is 29.3 Å². The molecule has 2 saturated heterocycles. The molecule has 2 aromatic heterocycles. The van der Waals surface area contributed by atoms with Crippen LogP contribution in [0.2, 0.25) is 0 Å². The molecule has 0 saturated carbocycles. The summed E-state index contributed by atoms with van der Waals surface area (Å²) in [5.74, 6) is -1.23. The predicted octanol–water partition coefficient (Wildman–Crippen LogP) is 3.62. The number of benzene rings is 1. The number of aromatic nitrogens is 3. The molecule has 0 spiro atoms. The molecule has 5 rings (SSSR count). The highest BCUT2D eigenvalue weighted by Crippen LogP contribution is 2.37. The smallest absolute Gasteiger partial charge is 0.377 e. The highest BCUT2D eigenvalue weighted by molar-refractivity contribution is 6.07. The van der Waals surface area contributed by atoms with Gasteiger partial charge in [0.25, 0.3) is 11.5 Å². The quantitative estimate of drug-likeness (QED) is 0.442. The molecule has 1 amide bonds. The highest BCUT2D eigenvalue weighted by atomic mass is 19.4. The first-order valence-electron chi connectivity index (χ1n) is 13.9. The lowest BCUT2D eigenvalue weighted by Crippen LogP contribution is -2.50. The van der Waals surface area contributed by atoms with E-state index in [0.29, 0.717) is 62.7 Å². The second-order valence-corrected chi connectivity index (χ2v) is 11.0. The summed E-state index contributed by atoms with van der Waals surface area (Å²) in [6, 6.07) is 3.21. The number of nitrogens with zero attached hydrogens (tertiary/aromatic N) is 6. The maximum atomic E-state index is 15.7. The molecule has 2 aliphatic heterocycles. The minimum Gasteiger partial charge on any atom is -0.377 e. The molecule has 2 aliphatic rings. The maximum absolute atomic E-state index is 15.7. The van der Waals surface area contributed by atoms with Gasteiger partial charge in [-0.2, -0.15) is 13.2 Å². The van der Waals surface area contributed by atoms with Crippen molar-refractivity contribution in [2.75, 3.05) is 61.6 Å². The summed E-state index contributed by atoms with van der Waals surface area (Å²) in [6.45, 7) is 7.32. The van der Waals surface area contributed by atoms with E-state index in [1.165, 1.54) is 31.6 Å². The van der Waals surface area contributed by atoms with Gasteiger partial charge >= 0.3 is 6.18 Å². The van der Waals surface area contributed by atoms with E-state index >= 15 is 4.39 Å². The molecular formula is C29H33F4N7O3. The Morgan fingerprint density at radius 2 is 1.77 bits per heavy atom. The number of hydrogen-bond donors (Lipinski definition) is 1. The zero-order chi connectivity index (χ0) is 31.1. The van der Waals surface area contributed by atoms with Crippen molar-refractivity contribution in [1.82, 2.24) is 19.4 Å². The van der Waals surface area contributed by atoms with Crippen LogP contribution >= 0.6 is 0 Å². The summed E-state index contributed by atoms with van der Waals surface area (Å²) >= 11 is 0. The van der Waals surface area contributed by atoms with Gasteiger partial charge in [-0.3, -0.25) is 9.59 Å². The van der Waals surface area contributed by atoms with Crippen LogP contribution in [-0.2, 0) is 18.0 Å². The van der Waals surface area contributed by atoms with Gasteiger partial charge in [-0.15, -0.1) is 0 Å². The summed E-state index contributed by atoms with van der Waals surface area (Å²) < 4.78 is 63.6. The van der Waals surface area contributed by atoms with Crippen LogP contribution in [0.25, 0.3) is 11.1 Å². The van der Waals surface area contributed by atoms with E-state index in [9.17, 15) is 22.8 Å². The maximum Gasteiger partial charge on any atom is 0.417 e. The second-order valence-electron chi connectivity index (χ2n) is 11.0. The molecule has 43 heavy (non-hydrogen) atoms. The monoisotopic (exact) mass is 603 g/mol. The van der Waals surface area contributed by atoms with Gasteiger partial charge in [0.05, 0.1) is 41.8 Å². The van der Waals surface area contributed by atoms with Crippen LogP contribution in [0, 0.1) is 5.82 Å². The van der Waals surface area contributed by atoms with Crippen molar-refractivity contribution in [1.29, 1.82) is 0 Å². The number of rotatable bonds is 5. The number of carbonyl (C=O) groups is 1. The number of likely N-dealkylation sites (N-methyl/N-ethyl adjacent to an activating group) is 1. The number of alkyl halides is 3. The van der Waals surface area contributed by atoms with Crippen LogP contribution in [0.1, 0.15) is 29.8 Å². The van der Waals surface area contributed by atoms with Gasteiger partial charge in [0.2, 0.25) is 5.95 Å². The summed E-state index contributed by atoms with van der Waals surface area (Å²) in [4.78, 5) is 40.2. The fraction of sp³-hybridized carbons (Fsp3) is 0.448. The zero-order valence-corrected chi connectivity index (χ0v) is 24.3. The number of halogens is 4. The molecule has 230 valence electrons. The third-order valence-corrected chi connectivity index (χ3v) is 7.99. The molecule has 4 heterocycles. The number of amides is 1. The van der Waals surface area contributed by atoms with Crippen molar-refractivity contribution in [3.05, 3.63) is 64.1 Å². The lowest BCUT2D eigenvalue weighted by Gasteiger charge is -2.39. The molecule has 14 heteroatoms. The molecule has 10 nitrogen and oxygen atoms in total. The highest BCUT2D eigenvalue weighted by Gasteiger charge is 2.36. The number of hydrogen-bond acceptors (Lipinski definition) is 8. The Balaban J connectivity index is 1.55. The van der Waals surface area contributed by atoms with Gasteiger partial charge in [0.1, 0.15) is 5.82 Å². The molecule has 1 aromatic carbocycles. The lowest BCUT2D eigenvalue weighted by atomic mass is 10.0. The number of piperazine rings is 1. The lowest BCUT2D eigenvalue weighted by molar-refractivity contribution is -0.138. The average Bonchev–Trinajstić information content (AvgIpc) is 2.96. The first kappa shape index (κ1) is 30.4. The number of carbonyl (C=O) groups excluding carboxylic acids is 1. The molecule has 2 fully saturated rings. The molecule has 0 bridgehead atoms. The zero-order valence-electron chi connectivity index (χ0n) is 24.3. The van der Waals surface area contributed by atoms with Crippen molar-refractivity contribution >= 4 is 23.2 Å². The van der Waals surface area contributed by atoms with Crippen molar-refractivity contribution < 1.29 is 27.1 Å². The van der Waals surface area contributed by atoms with Crippen molar-refractivity contribution in [3.8, 4) is 11.1 Å². The fourth-order valence-corrected chi connectivity index (χ4v) is 5.28. The molecule has 2 atom stereocenters. The van der Waals surface area contributed by atoms with Gasteiger partial charge in [-0.1, -0.05) is 0 Å². The van der Waals surface area contributed by atoms with Crippen LogP contribution in [0.4, 0.5) is 34.9 Å². The van der Waals surface area contributed by atoms with E-state index < -0.39 is 34.6 Å².